The molecule has 2 atom stereocenters. The fraction of sp³-hybridized carbons (Fsp3) is 0.500. The molecular weight excluding hydrogens is 600 g/mol. The van der Waals surface area contributed by atoms with Gasteiger partial charge in [-0.1, -0.05) is 24.7 Å². The second-order valence-electron chi connectivity index (χ2n) is 10.5. The number of fused-ring (bicyclic) bond motifs is 1. The highest BCUT2D eigenvalue weighted by atomic mass is 35.5. The number of aliphatic hydroxyl groups excluding tert-OH is 1. The third-order valence-electron chi connectivity index (χ3n) is 7.28. The fourth-order valence-electron chi connectivity index (χ4n) is 4.90. The number of hydrogen-bond donors (Lipinski definition) is 4. The van der Waals surface area contributed by atoms with E-state index in [4.69, 9.17) is 31.5 Å². The predicted molar refractivity (Wildman–Crippen MR) is 171 cm³/mol. The van der Waals surface area contributed by atoms with Crippen molar-refractivity contribution in [3.05, 3.63) is 53.5 Å². The summed E-state index contributed by atoms with van der Waals surface area (Å²) in [6.07, 6.45) is 8.46. The SMILES string of the molecule is Nc1ncnc2c1c(C#CCNC(=O)c1ccc(C(=O)NCCOCCOCCCCCCCl)cc1)cn2C1CCC(CO)O1. The van der Waals surface area contributed by atoms with Crippen LogP contribution in [0.4, 0.5) is 5.82 Å². The minimum atomic E-state index is -0.318. The van der Waals surface area contributed by atoms with Gasteiger partial charge in [-0.05, 0) is 49.9 Å². The number of benzene rings is 1. The van der Waals surface area contributed by atoms with Crippen LogP contribution in [0.2, 0.25) is 0 Å². The molecule has 3 aromatic rings. The van der Waals surface area contributed by atoms with Crippen LogP contribution in [0.3, 0.4) is 0 Å². The number of rotatable bonds is 17. The fourth-order valence-corrected chi connectivity index (χ4v) is 5.09. The molecule has 13 heteroatoms. The summed E-state index contributed by atoms with van der Waals surface area (Å²) in [5, 5.41) is 15.6. The molecule has 0 aliphatic carbocycles. The Balaban J connectivity index is 1.18. The third-order valence-corrected chi connectivity index (χ3v) is 7.55. The molecule has 242 valence electrons. The van der Waals surface area contributed by atoms with Gasteiger partial charge in [0.1, 0.15) is 24.0 Å². The summed E-state index contributed by atoms with van der Waals surface area (Å²) in [5.41, 5.74) is 8.20. The van der Waals surface area contributed by atoms with Gasteiger partial charge in [-0.2, -0.15) is 0 Å². The molecule has 0 spiro atoms. The van der Waals surface area contributed by atoms with Crippen LogP contribution in [0.25, 0.3) is 11.0 Å². The average Bonchev–Trinajstić information content (AvgIpc) is 3.69. The van der Waals surface area contributed by atoms with Gasteiger partial charge < -0.3 is 40.3 Å². The number of amides is 2. The molecule has 1 aliphatic rings. The highest BCUT2D eigenvalue weighted by Gasteiger charge is 2.28. The summed E-state index contributed by atoms with van der Waals surface area (Å²) < 4.78 is 18.8. The van der Waals surface area contributed by atoms with Crippen molar-refractivity contribution >= 4 is 40.3 Å². The lowest BCUT2D eigenvalue weighted by molar-refractivity contribution is -0.0204. The van der Waals surface area contributed by atoms with E-state index in [0.717, 1.165) is 38.5 Å². The van der Waals surface area contributed by atoms with E-state index in [1.54, 1.807) is 24.3 Å². The maximum absolute atomic E-state index is 12.6. The van der Waals surface area contributed by atoms with Gasteiger partial charge in [-0.25, -0.2) is 9.97 Å². The van der Waals surface area contributed by atoms with Crippen LogP contribution in [-0.4, -0.2) is 89.6 Å². The highest BCUT2D eigenvalue weighted by Crippen LogP contribution is 2.33. The zero-order chi connectivity index (χ0) is 31.9. The molecule has 12 nitrogen and oxygen atoms in total. The van der Waals surface area contributed by atoms with Crippen LogP contribution in [0.1, 0.15) is 71.0 Å². The molecule has 2 amide bonds. The van der Waals surface area contributed by atoms with Crippen molar-refractivity contribution in [1.29, 1.82) is 0 Å². The number of nitrogens with zero attached hydrogens (tertiary/aromatic N) is 3. The number of nitrogens with one attached hydrogen (secondary N) is 2. The normalized spacial score (nSPS) is 16.0. The van der Waals surface area contributed by atoms with E-state index in [-0.39, 0.29) is 37.3 Å². The molecule has 2 aromatic heterocycles. The average molecular weight is 641 g/mol. The Hall–Kier alpha value is -3.73. The molecule has 1 aliphatic heterocycles. The van der Waals surface area contributed by atoms with Crippen LogP contribution < -0.4 is 16.4 Å². The standard InChI is InChI=1S/C32H41ClN6O6/c33-13-3-1-2-4-16-43-18-19-44-17-15-36-32(42)24-9-7-23(8-10-24)31(41)35-14-5-6-25-20-39(27-12-11-26(21-40)45-27)30-28(25)29(34)37-22-38-30/h7-10,20,22,26-27,40H,1-4,11-19,21H2,(H,35,41)(H,36,42)(H2,34,37,38). The number of carbonyl (C=O) groups is 2. The van der Waals surface area contributed by atoms with Crippen molar-refractivity contribution in [2.45, 2.75) is 50.9 Å². The first-order valence-corrected chi connectivity index (χ1v) is 15.8. The van der Waals surface area contributed by atoms with Gasteiger partial charge in [-0.15, -0.1) is 11.6 Å². The monoisotopic (exact) mass is 640 g/mol. The zero-order valence-electron chi connectivity index (χ0n) is 25.3. The summed E-state index contributed by atoms with van der Waals surface area (Å²) >= 11 is 5.66. The minimum Gasteiger partial charge on any atom is -0.394 e. The molecule has 1 saturated heterocycles. The van der Waals surface area contributed by atoms with Crippen LogP contribution in [0, 0.1) is 11.8 Å². The van der Waals surface area contributed by atoms with E-state index in [1.165, 1.54) is 6.33 Å². The second-order valence-corrected chi connectivity index (χ2v) is 10.9. The smallest absolute Gasteiger partial charge is 0.252 e. The number of carbonyl (C=O) groups excluding carboxylic acids is 2. The molecule has 0 saturated carbocycles. The van der Waals surface area contributed by atoms with Crippen LogP contribution in [-0.2, 0) is 14.2 Å². The number of ether oxygens (including phenoxy) is 3. The maximum Gasteiger partial charge on any atom is 0.252 e. The largest absolute Gasteiger partial charge is 0.394 e. The molecule has 0 bridgehead atoms. The summed E-state index contributed by atoms with van der Waals surface area (Å²) in [5.74, 6) is 6.45. The minimum absolute atomic E-state index is 0.0434. The van der Waals surface area contributed by atoms with E-state index in [1.807, 2.05) is 10.8 Å². The number of hydrogen-bond acceptors (Lipinski definition) is 9. The first-order valence-electron chi connectivity index (χ1n) is 15.3. The summed E-state index contributed by atoms with van der Waals surface area (Å²) in [4.78, 5) is 33.5. The van der Waals surface area contributed by atoms with Gasteiger partial charge in [-0.3, -0.25) is 9.59 Å². The number of nitrogen functional groups attached to an aromatic ring is 1. The number of nitrogens with two attached hydrogens (primary N) is 1. The summed E-state index contributed by atoms with van der Waals surface area (Å²) in [7, 11) is 0. The number of aromatic nitrogens is 3. The van der Waals surface area contributed by atoms with E-state index < -0.39 is 0 Å². The molecule has 1 aromatic carbocycles. The third kappa shape index (κ3) is 10.1. The Morgan fingerprint density at radius 2 is 1.71 bits per heavy atom. The van der Waals surface area contributed by atoms with Gasteiger partial charge in [0, 0.05) is 36.4 Å². The van der Waals surface area contributed by atoms with E-state index in [0.29, 0.717) is 72.4 Å². The quantitative estimate of drug-likeness (QED) is 0.0987. The summed E-state index contributed by atoms with van der Waals surface area (Å²) in [6, 6.07) is 6.38. The first kappa shape index (κ1) is 34.1. The summed E-state index contributed by atoms with van der Waals surface area (Å²) in [6.45, 7) is 2.50. The second kappa shape index (κ2) is 18.3. The number of aliphatic hydroxyl groups is 1. The molecule has 3 heterocycles. The maximum atomic E-state index is 12.6. The van der Waals surface area contributed by atoms with Crippen molar-refractivity contribution in [3.63, 3.8) is 0 Å². The van der Waals surface area contributed by atoms with Gasteiger partial charge in [0.25, 0.3) is 11.8 Å². The number of halogens is 1. The Bertz CT molecular complexity index is 1450. The number of unbranched alkanes of at least 4 members (excludes halogenated alkanes) is 3. The van der Waals surface area contributed by atoms with Gasteiger partial charge >= 0.3 is 0 Å². The van der Waals surface area contributed by atoms with E-state index >= 15 is 0 Å². The van der Waals surface area contributed by atoms with E-state index in [2.05, 4.69) is 32.4 Å². The first-order chi connectivity index (χ1) is 22.0. The number of anilines is 1. The topological polar surface area (TPSA) is 163 Å². The lowest BCUT2D eigenvalue weighted by atomic mass is 10.1. The van der Waals surface area contributed by atoms with Crippen molar-refractivity contribution < 1.29 is 28.9 Å². The Morgan fingerprint density at radius 3 is 2.42 bits per heavy atom. The van der Waals surface area contributed by atoms with Gasteiger partial charge in [0.15, 0.2) is 0 Å². The zero-order valence-corrected chi connectivity index (χ0v) is 26.1. The van der Waals surface area contributed by atoms with Crippen LogP contribution in [0.5, 0.6) is 0 Å². The van der Waals surface area contributed by atoms with Crippen molar-refractivity contribution in [3.8, 4) is 11.8 Å². The van der Waals surface area contributed by atoms with Gasteiger partial charge in [0.05, 0.1) is 50.0 Å². The molecule has 2 unspecified atom stereocenters. The van der Waals surface area contributed by atoms with Crippen LogP contribution >= 0.6 is 11.6 Å². The molecule has 1 fully saturated rings. The molecule has 0 radical (unpaired) electrons. The molecule has 5 N–H and O–H groups in total. The lowest BCUT2D eigenvalue weighted by Gasteiger charge is -2.14. The Labute approximate surface area is 268 Å². The van der Waals surface area contributed by atoms with Crippen LogP contribution in [0.15, 0.2) is 36.8 Å². The number of alkyl halides is 1. The molecule has 4 rings (SSSR count). The van der Waals surface area contributed by atoms with Gasteiger partial charge in [0.2, 0.25) is 0 Å². The van der Waals surface area contributed by atoms with E-state index in [9.17, 15) is 14.7 Å². The van der Waals surface area contributed by atoms with Crippen molar-refractivity contribution in [1.82, 2.24) is 25.2 Å². The molecular formula is C32H41ClN6O6. The lowest BCUT2D eigenvalue weighted by Crippen LogP contribution is -2.28. The Morgan fingerprint density at radius 1 is 1.00 bits per heavy atom. The Kier molecular flexibility index (Phi) is 13.9. The predicted octanol–water partition coefficient (Wildman–Crippen LogP) is 3.03. The van der Waals surface area contributed by atoms with Crippen molar-refractivity contribution in [2.24, 2.45) is 0 Å². The van der Waals surface area contributed by atoms with Crippen molar-refractivity contribution in [2.75, 3.05) is 57.7 Å². The molecule has 45 heavy (non-hydrogen) atoms. The highest BCUT2D eigenvalue weighted by molar-refractivity contribution is 6.17.